The van der Waals surface area contributed by atoms with Gasteiger partial charge in [0, 0.05) is 22.3 Å². The van der Waals surface area contributed by atoms with Crippen LogP contribution in [0.25, 0.3) is 16.9 Å². The van der Waals surface area contributed by atoms with E-state index in [-0.39, 0.29) is 0 Å². The van der Waals surface area contributed by atoms with Gasteiger partial charge >= 0.3 is 51.9 Å². The maximum absolute atomic E-state index is 13.3. The van der Waals surface area contributed by atoms with Crippen molar-refractivity contribution in [1.29, 1.82) is 0 Å². The third-order valence-electron chi connectivity index (χ3n) is 15.6. The van der Waals surface area contributed by atoms with E-state index in [1.165, 1.54) is 264 Å². The second-order valence-corrected chi connectivity index (χ2v) is 24.0. The first kappa shape index (κ1) is 67.1. The average Bonchev–Trinajstić information content (AvgIpc) is 3.67. The van der Waals surface area contributed by atoms with Gasteiger partial charge in [-0.3, -0.25) is 0 Å². The molecule has 1 aliphatic rings. The Hall–Kier alpha value is -1.99. The molecule has 0 saturated carbocycles. The number of allylic oxidation sites excluding steroid dienone is 2. The number of hydrogen-bond acceptors (Lipinski definition) is 0. The molecule has 0 aliphatic carbocycles. The van der Waals surface area contributed by atoms with Crippen molar-refractivity contribution in [2.45, 2.75) is 350 Å². The van der Waals surface area contributed by atoms with Crippen molar-refractivity contribution in [3.8, 4) is 0 Å². The summed E-state index contributed by atoms with van der Waals surface area (Å²) >= 11 is 1.90. The van der Waals surface area contributed by atoms with Gasteiger partial charge in [-0.05, 0) is 160 Å². The molecule has 0 N–H and O–H groups in total. The molecule has 0 unspecified atom stereocenters. The van der Waals surface area contributed by atoms with Crippen molar-refractivity contribution < 1.29 is 19.1 Å². The van der Waals surface area contributed by atoms with Crippen molar-refractivity contribution in [3.05, 3.63) is 85.5 Å². The Labute approximate surface area is 463 Å². The molecule has 0 amide bonds. The molecule has 2 aromatic carbocycles. The second kappa shape index (κ2) is 45.1. The third kappa shape index (κ3) is 26.8. The van der Waals surface area contributed by atoms with Crippen molar-refractivity contribution >= 4 is 11.4 Å². The zero-order valence-corrected chi connectivity index (χ0v) is 51.6. The van der Waals surface area contributed by atoms with Gasteiger partial charge in [0.05, 0.1) is 0 Å². The Morgan fingerprint density at radius 2 is 0.521 bits per heavy atom. The fourth-order valence-corrected chi connectivity index (χ4v) is 12.3. The molecule has 3 rings (SSSR count). The maximum atomic E-state index is 13.3. The van der Waals surface area contributed by atoms with Gasteiger partial charge in [0.2, 0.25) is 11.4 Å². The van der Waals surface area contributed by atoms with E-state index in [9.17, 15) is 5.53 Å². The van der Waals surface area contributed by atoms with Crippen molar-refractivity contribution in [2.24, 2.45) is 0 Å². The summed E-state index contributed by atoms with van der Waals surface area (Å²) < 4.78 is 1.79. The molecule has 73 heavy (non-hydrogen) atoms. The van der Waals surface area contributed by atoms with Crippen LogP contribution >= 0.6 is 0 Å². The fourth-order valence-electron chi connectivity index (χ4n) is 11.4. The predicted molar refractivity (Wildman–Crippen MR) is 325 cm³/mol. The number of unbranched alkanes of at least 4 members (excludes halogenated alkanes) is 24. The van der Waals surface area contributed by atoms with Crippen LogP contribution in [0.5, 0.6) is 0 Å². The molecule has 0 bridgehead atoms. The van der Waals surface area contributed by atoms with Gasteiger partial charge in [-0.1, -0.05) is 209 Å². The third-order valence-corrected chi connectivity index (χ3v) is 17.3. The summed E-state index contributed by atoms with van der Waals surface area (Å²) in [6, 6.07) is 10.4. The van der Waals surface area contributed by atoms with Gasteiger partial charge in [-0.2, -0.15) is 0 Å². The Bertz CT molecular complexity index is 1570. The summed E-state index contributed by atoms with van der Waals surface area (Å²) in [5.74, 6) is 0. The number of nitrogens with zero attached hydrogens (tertiary/aromatic N) is 2. The van der Waals surface area contributed by atoms with Crippen LogP contribution in [0.1, 0.15) is 345 Å². The fraction of sp³-hybridized carbons (Fsp3) is 0.771. The van der Waals surface area contributed by atoms with Crippen LogP contribution in [0.2, 0.25) is 10.8 Å². The molecule has 0 radical (unpaired) electrons. The zero-order chi connectivity index (χ0) is 53.2. The van der Waals surface area contributed by atoms with Gasteiger partial charge in [-0.25, -0.2) is 4.70 Å². The zero-order valence-electron chi connectivity index (χ0n) is 50.6. The van der Waals surface area contributed by atoms with E-state index >= 15 is 0 Å². The molecule has 2 aromatic rings. The summed E-state index contributed by atoms with van der Waals surface area (Å²) in [4.78, 5) is 0. The summed E-state index contributed by atoms with van der Waals surface area (Å²) in [6.07, 6.45) is 52.9. The van der Waals surface area contributed by atoms with E-state index in [2.05, 4.69) is 93.5 Å². The van der Waals surface area contributed by atoms with Gasteiger partial charge in [0.15, 0.2) is 0 Å². The predicted octanol–water partition coefficient (Wildman–Crippen LogP) is 24.3. The first-order valence-electron chi connectivity index (χ1n) is 32.6. The minimum absolute atomic E-state index is 1.05. The molecule has 0 fully saturated rings. The average molecular weight is 1050 g/mol. The van der Waals surface area contributed by atoms with Crippen molar-refractivity contribution in [3.63, 3.8) is 0 Å². The Morgan fingerprint density at radius 3 is 0.753 bits per heavy atom. The summed E-state index contributed by atoms with van der Waals surface area (Å²) in [5, 5.41) is 2.72. The van der Waals surface area contributed by atoms with Crippen LogP contribution < -0.4 is 0 Å². The molecule has 0 aromatic heterocycles. The van der Waals surface area contributed by atoms with Crippen LogP contribution in [0.3, 0.4) is 0 Å². The van der Waals surface area contributed by atoms with Gasteiger partial charge in [0.1, 0.15) is 0 Å². The van der Waals surface area contributed by atoms with Crippen LogP contribution in [0, 0.1) is 0 Å². The first-order valence-corrected chi connectivity index (χ1v) is 34.0. The molecule has 2 nitrogen and oxygen atoms in total. The molecular formula is C70H122N2Ni. The molecule has 0 atom stereocenters. The molecular weight excluding hydrogens is 927 g/mol. The standard InChI is InChI=1S/C64H108N2.2C3H7.Ni/c1-9-17-25-33-41-53-49-57(50-54(42-34-26-18-10-2)59(53)45-37-29-21-13-5)63-61(47-39-31-23-15-7)62(48-40-32-24-16-8)64(66(63)65)58-51-55(43-35-27-19-11-3)60(46-38-30-22-14-6)56(52-58)44-36-28-20-12-4;2*1-3-2;/h49-52H,9-48H2,1-8H3;2*1,3H2,2H3;. The normalized spacial score (nSPS) is 12.8. The van der Waals surface area contributed by atoms with Crippen LogP contribution in [-0.2, 0) is 53.0 Å². The monoisotopic (exact) mass is 1050 g/mol. The Kier molecular flexibility index (Phi) is 41.4. The summed E-state index contributed by atoms with van der Waals surface area (Å²) in [5.41, 5.74) is 30.8. The molecule has 422 valence electrons. The minimum atomic E-state index is 1.05. The number of benzene rings is 2. The second-order valence-electron chi connectivity index (χ2n) is 22.5. The number of aryl methyl sites for hydroxylation is 4. The van der Waals surface area contributed by atoms with E-state index < -0.39 is 0 Å². The SMILES string of the molecule is CCCCCCC1=C(c2cc(CCCCCC)c(CCCCCC)c(CCCCCC)c2)[N+](=[N-])C(c2cc(CCCCCC)c(CCCCCC)c(CCCCCC)c2)=C1CCCCCC.CC[CH2][Ni][CH2]CC. The van der Waals surface area contributed by atoms with Crippen LogP contribution in [0.15, 0.2) is 35.4 Å². The molecule has 1 aliphatic heterocycles. The van der Waals surface area contributed by atoms with Gasteiger partial charge in [0.25, 0.3) is 0 Å². The number of hydrogen-bond donors (Lipinski definition) is 0. The van der Waals surface area contributed by atoms with E-state index in [0.717, 1.165) is 49.9 Å². The Morgan fingerprint density at radius 1 is 0.288 bits per heavy atom. The van der Waals surface area contributed by atoms with E-state index in [1.54, 1.807) is 38.1 Å². The summed E-state index contributed by atoms with van der Waals surface area (Å²) in [6.45, 7) is 23.2. The molecule has 1 heterocycles. The van der Waals surface area contributed by atoms with Crippen LogP contribution in [-0.4, -0.2) is 4.70 Å². The van der Waals surface area contributed by atoms with Crippen molar-refractivity contribution in [1.82, 2.24) is 0 Å². The van der Waals surface area contributed by atoms with Gasteiger partial charge < -0.3 is 5.53 Å². The summed E-state index contributed by atoms with van der Waals surface area (Å²) in [7, 11) is 0. The molecule has 3 heteroatoms. The molecule has 0 spiro atoms. The van der Waals surface area contributed by atoms with Crippen LogP contribution in [0.4, 0.5) is 0 Å². The van der Waals surface area contributed by atoms with E-state index in [1.807, 2.05) is 14.4 Å². The van der Waals surface area contributed by atoms with Crippen molar-refractivity contribution in [2.75, 3.05) is 0 Å². The van der Waals surface area contributed by atoms with E-state index in [0.29, 0.717) is 0 Å². The van der Waals surface area contributed by atoms with E-state index in [4.69, 9.17) is 0 Å². The Balaban J connectivity index is 0.00000242. The first-order chi connectivity index (χ1) is 35.8. The quantitative estimate of drug-likeness (QED) is 0.0359. The van der Waals surface area contributed by atoms with Gasteiger partial charge in [-0.15, -0.1) is 0 Å². The topological polar surface area (TPSA) is 25.3 Å². The molecule has 0 saturated heterocycles. The number of rotatable bonds is 46.